The first-order chi connectivity index (χ1) is 6.97. The second-order valence-corrected chi connectivity index (χ2v) is 4.61. The third-order valence-electron chi connectivity index (χ3n) is 2.20. The number of hydrogen-bond donors (Lipinski definition) is 4. The van der Waals surface area contributed by atoms with Crippen LogP contribution in [0, 0.1) is 0 Å². The first-order valence-corrected chi connectivity index (χ1v) is 5.35. The molecule has 1 aliphatic heterocycles. The zero-order valence-electron chi connectivity index (χ0n) is 8.15. The summed E-state index contributed by atoms with van der Waals surface area (Å²) in [6.45, 7) is 1.19. The van der Waals surface area contributed by atoms with Crippen molar-refractivity contribution in [3.8, 4) is 0 Å². The van der Waals surface area contributed by atoms with E-state index in [2.05, 4.69) is 21.0 Å². The van der Waals surface area contributed by atoms with Crippen molar-refractivity contribution in [2.45, 2.75) is 37.6 Å². The van der Waals surface area contributed by atoms with E-state index in [1.807, 2.05) is 0 Å². The molecule has 1 saturated heterocycles. The van der Waals surface area contributed by atoms with Gasteiger partial charge in [-0.25, -0.2) is 0 Å². The Morgan fingerprint density at radius 3 is 2.40 bits per heavy atom. The van der Waals surface area contributed by atoms with Crippen LogP contribution in [0.15, 0.2) is 4.99 Å². The van der Waals surface area contributed by atoms with Gasteiger partial charge in [0.1, 0.15) is 0 Å². The van der Waals surface area contributed by atoms with Crippen molar-refractivity contribution in [1.29, 1.82) is 0 Å². The number of nitrogens with zero attached hydrogens (tertiary/aromatic N) is 1. The summed E-state index contributed by atoms with van der Waals surface area (Å²) in [6, 6.07) is -0.941. The Hall–Kier alpha value is -0.0105. The molecule has 0 amide bonds. The zero-order chi connectivity index (χ0) is 11.6. The third-order valence-corrected chi connectivity index (χ3v) is 2.42. The fourth-order valence-electron chi connectivity index (χ4n) is 1.43. The quantitative estimate of drug-likeness (QED) is 0.328. The molecular weight excluding hydrogens is 269 g/mol. The molecule has 1 aliphatic rings. The van der Waals surface area contributed by atoms with Gasteiger partial charge < -0.3 is 0 Å². The summed E-state index contributed by atoms with van der Waals surface area (Å²) in [6.07, 6.45) is -4.83. The Kier molecular flexibility index (Phi) is 4.66. The van der Waals surface area contributed by atoms with E-state index in [1.165, 1.54) is 0 Å². The van der Waals surface area contributed by atoms with Crippen LogP contribution in [0.2, 0.25) is 0 Å². The Bertz CT molecular complexity index is 245. The van der Waals surface area contributed by atoms with Gasteiger partial charge in [0.25, 0.3) is 0 Å². The molecule has 15 heavy (non-hydrogen) atoms. The summed E-state index contributed by atoms with van der Waals surface area (Å²) in [5, 5.41) is 37.4. The minimum atomic E-state index is -1.33. The summed E-state index contributed by atoms with van der Waals surface area (Å²) < 4.78 is 5.44. The first kappa shape index (κ1) is 13.1. The van der Waals surface area contributed by atoms with Gasteiger partial charge in [0.2, 0.25) is 0 Å². The number of aliphatic hydroxyl groups is 4. The predicted molar refractivity (Wildman–Crippen MR) is 52.6 cm³/mol. The number of rotatable bonds is 2. The molecule has 0 spiro atoms. The fourth-order valence-corrected chi connectivity index (χ4v) is 1.69. The van der Waals surface area contributed by atoms with Crippen LogP contribution in [0.25, 0.3) is 0 Å². The number of hydrogen-bond acceptors (Lipinski definition) is 6. The van der Waals surface area contributed by atoms with Crippen molar-refractivity contribution in [1.82, 2.24) is 0 Å². The van der Waals surface area contributed by atoms with Gasteiger partial charge in [-0.15, -0.1) is 0 Å². The van der Waals surface area contributed by atoms with Crippen LogP contribution in [-0.2, 0) is 4.74 Å². The van der Waals surface area contributed by atoms with Crippen molar-refractivity contribution in [3.63, 3.8) is 0 Å². The predicted octanol–water partition coefficient (Wildman–Crippen LogP) is -2.63. The van der Waals surface area contributed by atoms with Crippen LogP contribution in [0.4, 0.5) is 0 Å². The average molecular weight is 283 g/mol. The first-order valence-electron chi connectivity index (χ1n) is 4.49. The maximum atomic E-state index is 9.64. The SMILES string of the molecule is CC([Se])=N[C@@H]1C(O)O[C@H](CO)[C@@H](O)[C@@H]1O. The van der Waals surface area contributed by atoms with Gasteiger partial charge in [-0.2, -0.15) is 0 Å². The molecule has 0 aromatic heterocycles. The van der Waals surface area contributed by atoms with E-state index in [0.717, 1.165) is 0 Å². The molecule has 0 aromatic rings. The van der Waals surface area contributed by atoms with E-state index in [1.54, 1.807) is 6.92 Å². The Morgan fingerprint density at radius 2 is 1.93 bits per heavy atom. The summed E-state index contributed by atoms with van der Waals surface area (Å²) in [7, 11) is 0. The monoisotopic (exact) mass is 284 g/mol. The second-order valence-electron chi connectivity index (χ2n) is 3.37. The average Bonchev–Trinajstić information content (AvgIpc) is 2.18. The van der Waals surface area contributed by atoms with Gasteiger partial charge in [-0.3, -0.25) is 0 Å². The molecule has 7 heteroatoms. The van der Waals surface area contributed by atoms with Crippen molar-refractivity contribution < 1.29 is 25.2 Å². The van der Waals surface area contributed by atoms with Crippen molar-refractivity contribution in [2.24, 2.45) is 4.99 Å². The Morgan fingerprint density at radius 1 is 1.33 bits per heavy atom. The van der Waals surface area contributed by atoms with Crippen molar-refractivity contribution in [3.05, 3.63) is 0 Å². The molecule has 6 nitrogen and oxygen atoms in total. The van der Waals surface area contributed by atoms with Crippen molar-refractivity contribution >= 4 is 20.6 Å². The van der Waals surface area contributed by atoms with Crippen LogP contribution in [0.5, 0.6) is 0 Å². The van der Waals surface area contributed by atoms with Gasteiger partial charge in [0.15, 0.2) is 0 Å². The van der Waals surface area contributed by atoms with E-state index >= 15 is 0 Å². The zero-order valence-corrected chi connectivity index (χ0v) is 9.86. The molecule has 1 fully saturated rings. The Labute approximate surface area is 95.4 Å². The topological polar surface area (TPSA) is 103 Å². The number of aliphatic imine (C=N–C) groups is 1. The maximum absolute atomic E-state index is 9.64. The van der Waals surface area contributed by atoms with Crippen LogP contribution >= 0.6 is 0 Å². The molecule has 4 N–H and O–H groups in total. The second kappa shape index (κ2) is 5.36. The third kappa shape index (κ3) is 2.98. The number of ether oxygens (including phenoxy) is 1. The molecule has 5 atom stereocenters. The van der Waals surface area contributed by atoms with E-state index in [4.69, 9.17) is 9.84 Å². The molecule has 1 radical (unpaired) electrons. The number of aliphatic hydroxyl groups excluding tert-OH is 4. The van der Waals surface area contributed by atoms with Gasteiger partial charge in [-0.1, -0.05) is 0 Å². The van der Waals surface area contributed by atoms with Gasteiger partial charge in [0, 0.05) is 0 Å². The van der Waals surface area contributed by atoms with E-state index in [9.17, 15) is 15.3 Å². The molecule has 0 bridgehead atoms. The molecule has 0 saturated carbocycles. The standard InChI is InChI=1S/C8H14NO5Se/c1-3(15)9-5-7(12)6(11)4(2-10)14-8(5)13/h4-8,10-13H,2H2,1H3/t4-,5+,6-,7-,8?/m1/s1. The summed E-state index contributed by atoms with van der Waals surface area (Å²) >= 11 is 2.61. The summed E-state index contributed by atoms with van der Waals surface area (Å²) in [5.41, 5.74) is 0. The molecule has 1 rings (SSSR count). The molecule has 1 heterocycles. The van der Waals surface area contributed by atoms with Crippen LogP contribution in [0.3, 0.4) is 0 Å². The summed E-state index contributed by atoms with van der Waals surface area (Å²) in [4.78, 5) is 3.91. The van der Waals surface area contributed by atoms with Gasteiger partial charge in [-0.05, 0) is 0 Å². The molecule has 87 valence electrons. The van der Waals surface area contributed by atoms with Crippen molar-refractivity contribution in [2.75, 3.05) is 6.61 Å². The fraction of sp³-hybridized carbons (Fsp3) is 0.875. The Balaban J connectivity index is 2.79. The van der Waals surface area contributed by atoms with E-state index in [0.29, 0.717) is 4.61 Å². The van der Waals surface area contributed by atoms with Crippen LogP contribution < -0.4 is 0 Å². The molecular formula is C8H14NO5Se. The molecule has 0 aromatic carbocycles. The van der Waals surface area contributed by atoms with Gasteiger partial charge >= 0.3 is 95.0 Å². The van der Waals surface area contributed by atoms with E-state index in [-0.39, 0.29) is 0 Å². The van der Waals surface area contributed by atoms with Crippen LogP contribution in [0.1, 0.15) is 6.92 Å². The minimum absolute atomic E-state index is 0.469. The molecule has 1 unspecified atom stereocenters. The van der Waals surface area contributed by atoms with E-state index < -0.39 is 37.3 Å². The molecule has 0 aliphatic carbocycles. The summed E-state index contributed by atoms with van der Waals surface area (Å²) in [5.74, 6) is 0. The normalized spacial score (nSPS) is 43.0. The van der Waals surface area contributed by atoms with Gasteiger partial charge in [0.05, 0.1) is 0 Å². The van der Waals surface area contributed by atoms with Crippen LogP contribution in [-0.4, -0.2) is 78.3 Å².